The molecule has 0 saturated carbocycles. The molecule has 4 heteroatoms. The maximum Gasteiger partial charge on any atom is 0.181 e. The largest absolute Gasteiger partial charge is 0.396 e. The minimum atomic E-state index is -0.283. The van der Waals surface area contributed by atoms with Crippen molar-refractivity contribution in [3.63, 3.8) is 0 Å². The highest BCUT2D eigenvalue weighted by atomic mass is 16.7. The molecule has 2 aliphatic heterocycles. The average molecular weight is 229 g/mol. The summed E-state index contributed by atoms with van der Waals surface area (Å²) in [6, 6.07) is 0. The summed E-state index contributed by atoms with van der Waals surface area (Å²) in [5, 5.41) is 8.72. The molecule has 2 heterocycles. The van der Waals surface area contributed by atoms with E-state index >= 15 is 0 Å². The van der Waals surface area contributed by atoms with E-state index in [1.165, 1.54) is 6.42 Å². The molecule has 0 atom stereocenters. The molecule has 0 radical (unpaired) electrons. The molecule has 94 valence electrons. The second-order valence-electron chi connectivity index (χ2n) is 4.77. The van der Waals surface area contributed by atoms with Gasteiger partial charge in [-0.2, -0.15) is 0 Å². The first-order valence-corrected chi connectivity index (χ1v) is 6.46. The van der Waals surface area contributed by atoms with Crippen LogP contribution < -0.4 is 0 Å². The maximum atomic E-state index is 8.72. The van der Waals surface area contributed by atoms with Crippen LogP contribution in [-0.2, 0) is 9.47 Å². The highest BCUT2D eigenvalue weighted by Gasteiger charge is 2.40. The quantitative estimate of drug-likeness (QED) is 0.714. The molecule has 0 aromatic carbocycles. The SMILES string of the molecule is OCCCCCN1CCCC2(C1)OCCO2. The Morgan fingerprint density at radius 2 is 1.94 bits per heavy atom. The Kier molecular flexibility index (Phi) is 4.58. The lowest BCUT2D eigenvalue weighted by molar-refractivity contribution is -0.189. The number of aliphatic hydroxyl groups excluding tert-OH is 1. The van der Waals surface area contributed by atoms with Crippen molar-refractivity contribution in [1.82, 2.24) is 4.90 Å². The van der Waals surface area contributed by atoms with Crippen molar-refractivity contribution in [2.24, 2.45) is 0 Å². The lowest BCUT2D eigenvalue weighted by atomic mass is 10.0. The van der Waals surface area contributed by atoms with Crippen LogP contribution in [0.25, 0.3) is 0 Å². The first-order valence-electron chi connectivity index (χ1n) is 6.46. The fraction of sp³-hybridized carbons (Fsp3) is 1.00. The summed E-state index contributed by atoms with van der Waals surface area (Å²) in [7, 11) is 0. The molecular weight excluding hydrogens is 206 g/mol. The summed E-state index contributed by atoms with van der Waals surface area (Å²) >= 11 is 0. The van der Waals surface area contributed by atoms with Gasteiger partial charge in [0.2, 0.25) is 0 Å². The van der Waals surface area contributed by atoms with Gasteiger partial charge in [-0.15, -0.1) is 0 Å². The third-order valence-corrected chi connectivity index (χ3v) is 3.44. The van der Waals surface area contributed by atoms with Crippen LogP contribution in [0.4, 0.5) is 0 Å². The van der Waals surface area contributed by atoms with Crippen LogP contribution in [0.1, 0.15) is 32.1 Å². The number of unbranched alkanes of at least 4 members (excludes halogenated alkanes) is 2. The van der Waals surface area contributed by atoms with E-state index in [2.05, 4.69) is 4.90 Å². The van der Waals surface area contributed by atoms with Gasteiger partial charge in [0.25, 0.3) is 0 Å². The number of likely N-dealkylation sites (tertiary alicyclic amines) is 1. The molecule has 2 fully saturated rings. The molecule has 1 spiro atoms. The summed E-state index contributed by atoms with van der Waals surface area (Å²) in [5.41, 5.74) is 0. The standard InChI is InChI=1S/C12H23NO3/c14-8-3-1-2-6-13-7-4-5-12(11-13)15-9-10-16-12/h14H,1-11H2. The zero-order valence-corrected chi connectivity index (χ0v) is 9.99. The molecule has 2 rings (SSSR count). The van der Waals surface area contributed by atoms with Crippen LogP contribution in [0, 0.1) is 0 Å². The summed E-state index contributed by atoms with van der Waals surface area (Å²) < 4.78 is 11.5. The second kappa shape index (κ2) is 5.96. The third kappa shape index (κ3) is 3.17. The van der Waals surface area contributed by atoms with Gasteiger partial charge in [-0.3, -0.25) is 4.90 Å². The number of aliphatic hydroxyl groups is 1. The Labute approximate surface area is 97.5 Å². The van der Waals surface area contributed by atoms with E-state index in [4.69, 9.17) is 14.6 Å². The average Bonchev–Trinajstić information content (AvgIpc) is 2.73. The van der Waals surface area contributed by atoms with Crippen LogP contribution in [0.5, 0.6) is 0 Å². The zero-order valence-electron chi connectivity index (χ0n) is 9.99. The lowest BCUT2D eigenvalue weighted by Crippen LogP contribution is -2.49. The van der Waals surface area contributed by atoms with E-state index in [-0.39, 0.29) is 5.79 Å². The van der Waals surface area contributed by atoms with Crippen molar-refractivity contribution in [3.05, 3.63) is 0 Å². The predicted molar refractivity (Wildman–Crippen MR) is 61.2 cm³/mol. The summed E-state index contributed by atoms with van der Waals surface area (Å²) in [6.45, 7) is 5.00. The maximum absolute atomic E-state index is 8.72. The van der Waals surface area contributed by atoms with Gasteiger partial charge >= 0.3 is 0 Å². The summed E-state index contributed by atoms with van der Waals surface area (Å²) in [5.74, 6) is -0.283. The minimum Gasteiger partial charge on any atom is -0.396 e. The topological polar surface area (TPSA) is 41.9 Å². The van der Waals surface area contributed by atoms with E-state index in [1.54, 1.807) is 0 Å². The van der Waals surface area contributed by atoms with Gasteiger partial charge in [0.15, 0.2) is 5.79 Å². The van der Waals surface area contributed by atoms with E-state index < -0.39 is 0 Å². The summed E-state index contributed by atoms with van der Waals surface area (Å²) in [4.78, 5) is 2.44. The summed E-state index contributed by atoms with van der Waals surface area (Å²) in [6.07, 6.45) is 5.41. The molecule has 16 heavy (non-hydrogen) atoms. The second-order valence-corrected chi connectivity index (χ2v) is 4.77. The number of piperidine rings is 1. The first kappa shape index (κ1) is 12.3. The Bertz CT molecular complexity index is 204. The molecule has 0 aromatic rings. The van der Waals surface area contributed by atoms with Crippen molar-refractivity contribution < 1.29 is 14.6 Å². The fourth-order valence-corrected chi connectivity index (χ4v) is 2.62. The molecule has 0 unspecified atom stereocenters. The molecule has 0 aliphatic carbocycles. The number of nitrogens with zero attached hydrogens (tertiary/aromatic N) is 1. The van der Waals surface area contributed by atoms with Crippen LogP contribution >= 0.6 is 0 Å². The van der Waals surface area contributed by atoms with Gasteiger partial charge in [-0.05, 0) is 38.8 Å². The van der Waals surface area contributed by atoms with Crippen molar-refractivity contribution in [1.29, 1.82) is 0 Å². The van der Waals surface area contributed by atoms with Crippen molar-refractivity contribution >= 4 is 0 Å². The van der Waals surface area contributed by atoms with E-state index in [9.17, 15) is 0 Å². The molecule has 2 aliphatic rings. The Morgan fingerprint density at radius 3 is 2.69 bits per heavy atom. The Morgan fingerprint density at radius 1 is 1.12 bits per heavy atom. The highest BCUT2D eigenvalue weighted by molar-refractivity contribution is 4.83. The highest BCUT2D eigenvalue weighted by Crippen LogP contribution is 2.30. The monoisotopic (exact) mass is 229 g/mol. The van der Waals surface area contributed by atoms with Gasteiger partial charge in [0.1, 0.15) is 0 Å². The fourth-order valence-electron chi connectivity index (χ4n) is 2.62. The molecule has 2 saturated heterocycles. The van der Waals surface area contributed by atoms with Crippen molar-refractivity contribution in [3.8, 4) is 0 Å². The predicted octanol–water partition coefficient (Wildman–Crippen LogP) is 0.988. The van der Waals surface area contributed by atoms with Crippen LogP contribution in [-0.4, -0.2) is 55.2 Å². The molecule has 1 N–H and O–H groups in total. The van der Waals surface area contributed by atoms with Gasteiger partial charge in [0.05, 0.1) is 19.8 Å². The molecule has 4 nitrogen and oxygen atoms in total. The van der Waals surface area contributed by atoms with Gasteiger partial charge in [-0.1, -0.05) is 0 Å². The Hall–Kier alpha value is -0.160. The smallest absolute Gasteiger partial charge is 0.181 e. The van der Waals surface area contributed by atoms with E-state index in [1.807, 2.05) is 0 Å². The van der Waals surface area contributed by atoms with Crippen molar-refractivity contribution in [2.45, 2.75) is 37.9 Å². The number of rotatable bonds is 5. The van der Waals surface area contributed by atoms with Crippen LogP contribution in [0.2, 0.25) is 0 Å². The van der Waals surface area contributed by atoms with Crippen LogP contribution in [0.3, 0.4) is 0 Å². The first-order chi connectivity index (χ1) is 7.85. The van der Waals surface area contributed by atoms with E-state index in [0.717, 1.165) is 58.5 Å². The van der Waals surface area contributed by atoms with Crippen molar-refractivity contribution in [2.75, 3.05) is 39.5 Å². The lowest BCUT2D eigenvalue weighted by Gasteiger charge is -2.38. The number of ether oxygens (including phenoxy) is 2. The van der Waals surface area contributed by atoms with Crippen LogP contribution in [0.15, 0.2) is 0 Å². The van der Waals surface area contributed by atoms with Gasteiger partial charge in [-0.25, -0.2) is 0 Å². The van der Waals surface area contributed by atoms with Gasteiger partial charge < -0.3 is 14.6 Å². The molecule has 0 aromatic heterocycles. The Balaban J connectivity index is 1.70. The number of hydrogen-bond donors (Lipinski definition) is 1. The molecular formula is C12H23NO3. The minimum absolute atomic E-state index is 0.283. The molecule has 0 amide bonds. The van der Waals surface area contributed by atoms with E-state index in [0.29, 0.717) is 6.61 Å². The normalized spacial score (nSPS) is 25.3. The number of hydrogen-bond acceptors (Lipinski definition) is 4. The van der Waals surface area contributed by atoms with Gasteiger partial charge in [0, 0.05) is 13.0 Å². The zero-order chi connectivity index (χ0) is 11.3. The molecule has 0 bridgehead atoms. The third-order valence-electron chi connectivity index (χ3n) is 3.44.